The van der Waals surface area contributed by atoms with Crippen molar-refractivity contribution in [2.24, 2.45) is 5.73 Å². The number of carbonyl (C=O) groups excluding carboxylic acids is 1. The van der Waals surface area contributed by atoms with Crippen LogP contribution in [-0.4, -0.2) is 15.1 Å². The fourth-order valence-electron chi connectivity index (χ4n) is 4.93. The Labute approximate surface area is 168 Å². The van der Waals surface area contributed by atoms with Crippen molar-refractivity contribution in [3.8, 4) is 6.07 Å². The van der Waals surface area contributed by atoms with Gasteiger partial charge < -0.3 is 5.73 Å². The molecule has 7 heteroatoms. The third kappa shape index (κ3) is 1.53. The highest BCUT2D eigenvalue weighted by molar-refractivity contribution is 6.23. The molecular weight excluding hydrogens is 380 g/mol. The van der Waals surface area contributed by atoms with E-state index in [9.17, 15) is 19.6 Å². The fourth-order valence-corrected chi connectivity index (χ4v) is 4.93. The van der Waals surface area contributed by atoms with Crippen LogP contribution in [0.2, 0.25) is 0 Å². The zero-order valence-corrected chi connectivity index (χ0v) is 15.4. The SMILES string of the molecule is N#CC1=C(N)n2c(=O)c3ccccc3c(=O)n2C12C(=O)c1cccc3cccc2c13. The summed E-state index contributed by atoms with van der Waals surface area (Å²) in [5, 5.41) is 11.8. The second-order valence-electron chi connectivity index (χ2n) is 7.40. The second-order valence-corrected chi connectivity index (χ2v) is 7.40. The van der Waals surface area contributed by atoms with E-state index in [2.05, 4.69) is 0 Å². The van der Waals surface area contributed by atoms with Crippen LogP contribution in [0, 0.1) is 11.3 Å². The first-order valence-corrected chi connectivity index (χ1v) is 9.28. The van der Waals surface area contributed by atoms with E-state index >= 15 is 0 Å². The van der Waals surface area contributed by atoms with Crippen LogP contribution in [0.4, 0.5) is 0 Å². The van der Waals surface area contributed by atoms with Crippen molar-refractivity contribution in [3.05, 3.63) is 98.1 Å². The minimum atomic E-state index is -1.80. The molecule has 30 heavy (non-hydrogen) atoms. The second kappa shape index (κ2) is 5.13. The van der Waals surface area contributed by atoms with Crippen LogP contribution in [-0.2, 0) is 5.54 Å². The molecule has 1 unspecified atom stereocenters. The molecule has 2 heterocycles. The number of nitriles is 1. The van der Waals surface area contributed by atoms with Crippen LogP contribution in [0.25, 0.3) is 27.4 Å². The van der Waals surface area contributed by atoms with Gasteiger partial charge in [-0.05, 0) is 22.9 Å². The first kappa shape index (κ1) is 16.5. The third-order valence-corrected chi connectivity index (χ3v) is 6.12. The summed E-state index contributed by atoms with van der Waals surface area (Å²) in [5.74, 6) is -0.652. The number of ketones is 1. The van der Waals surface area contributed by atoms with Crippen molar-refractivity contribution in [2.75, 3.05) is 0 Å². The van der Waals surface area contributed by atoms with Crippen LogP contribution in [0.5, 0.6) is 0 Å². The molecule has 1 atom stereocenters. The molecule has 2 N–H and O–H groups in total. The lowest BCUT2D eigenvalue weighted by molar-refractivity contribution is 0.0890. The van der Waals surface area contributed by atoms with Crippen LogP contribution < -0.4 is 16.9 Å². The van der Waals surface area contributed by atoms with Gasteiger partial charge in [-0.25, -0.2) is 4.68 Å². The van der Waals surface area contributed by atoms with E-state index in [-0.39, 0.29) is 22.2 Å². The highest BCUT2D eigenvalue weighted by atomic mass is 16.2. The number of nitrogens with two attached hydrogens (primary N) is 1. The van der Waals surface area contributed by atoms with E-state index in [0.717, 1.165) is 14.7 Å². The summed E-state index contributed by atoms with van der Waals surface area (Å²) in [7, 11) is 0. The highest BCUT2D eigenvalue weighted by Gasteiger charge is 2.58. The normalized spacial score (nSPS) is 19.1. The number of hydrogen-bond donors (Lipinski definition) is 1. The summed E-state index contributed by atoms with van der Waals surface area (Å²) < 4.78 is 2.05. The molecule has 1 aromatic heterocycles. The van der Waals surface area contributed by atoms with Gasteiger partial charge in [0.2, 0.25) is 5.78 Å². The highest BCUT2D eigenvalue weighted by Crippen LogP contribution is 2.49. The molecule has 0 bridgehead atoms. The van der Waals surface area contributed by atoms with Crippen LogP contribution in [0.3, 0.4) is 0 Å². The Morgan fingerprint density at radius 2 is 1.53 bits per heavy atom. The van der Waals surface area contributed by atoms with Gasteiger partial charge in [-0.15, -0.1) is 0 Å². The topological polar surface area (TPSA) is 111 Å². The Morgan fingerprint density at radius 3 is 2.23 bits per heavy atom. The van der Waals surface area contributed by atoms with Gasteiger partial charge in [0.15, 0.2) is 5.54 Å². The first-order chi connectivity index (χ1) is 14.5. The maximum Gasteiger partial charge on any atom is 0.279 e. The molecule has 1 aliphatic heterocycles. The number of aromatic nitrogens is 2. The minimum Gasteiger partial charge on any atom is -0.383 e. The summed E-state index contributed by atoms with van der Waals surface area (Å²) >= 11 is 0. The maximum atomic E-state index is 13.9. The minimum absolute atomic E-state index is 0.120. The number of nitrogens with zero attached hydrogens (tertiary/aromatic N) is 3. The predicted octanol–water partition coefficient (Wildman–Crippen LogP) is 1.92. The summed E-state index contributed by atoms with van der Waals surface area (Å²) in [6, 6.07) is 19.0. The molecule has 1 aliphatic carbocycles. The number of rotatable bonds is 0. The van der Waals surface area contributed by atoms with Gasteiger partial charge in [0.05, 0.1) is 10.8 Å². The smallest absolute Gasteiger partial charge is 0.279 e. The predicted molar refractivity (Wildman–Crippen MR) is 111 cm³/mol. The number of allylic oxidation sites excluding steroid dienone is 1. The van der Waals surface area contributed by atoms with Gasteiger partial charge in [-0.3, -0.25) is 14.4 Å². The Morgan fingerprint density at radius 1 is 0.867 bits per heavy atom. The van der Waals surface area contributed by atoms with Gasteiger partial charge in [0.1, 0.15) is 17.5 Å². The van der Waals surface area contributed by atoms with Gasteiger partial charge >= 0.3 is 0 Å². The molecule has 1 spiro atoms. The molecule has 142 valence electrons. The molecule has 0 fully saturated rings. The molecular formula is C23H12N4O3. The summed E-state index contributed by atoms with van der Waals surface area (Å²) in [4.78, 5) is 40.8. The Bertz CT molecular complexity index is 1680. The molecule has 7 nitrogen and oxygen atoms in total. The van der Waals surface area contributed by atoms with Crippen molar-refractivity contribution in [1.29, 1.82) is 5.26 Å². The molecule has 0 saturated heterocycles. The molecule has 2 aliphatic rings. The van der Waals surface area contributed by atoms with E-state index in [4.69, 9.17) is 5.73 Å². The molecule has 0 saturated carbocycles. The average Bonchev–Trinajstić information content (AvgIpc) is 3.18. The van der Waals surface area contributed by atoms with E-state index < -0.39 is 22.4 Å². The van der Waals surface area contributed by atoms with Crippen LogP contribution in [0.15, 0.2) is 75.8 Å². The number of carbonyl (C=O) groups is 1. The molecule has 3 aromatic carbocycles. The zero-order chi connectivity index (χ0) is 20.8. The van der Waals surface area contributed by atoms with Crippen molar-refractivity contribution < 1.29 is 4.79 Å². The summed E-state index contributed by atoms with van der Waals surface area (Å²) in [6.45, 7) is 0. The Balaban J connectivity index is 1.92. The lowest BCUT2D eigenvalue weighted by atomic mass is 9.83. The maximum absolute atomic E-state index is 13.9. The summed E-state index contributed by atoms with van der Waals surface area (Å²) in [6.07, 6.45) is 0. The van der Waals surface area contributed by atoms with Crippen LogP contribution >= 0.6 is 0 Å². The lowest BCUT2D eigenvalue weighted by Gasteiger charge is -2.26. The quantitative estimate of drug-likeness (QED) is 0.491. The molecule has 4 aromatic rings. The lowest BCUT2D eigenvalue weighted by Crippen LogP contribution is -2.50. The van der Waals surface area contributed by atoms with Crippen LogP contribution in [0.1, 0.15) is 15.9 Å². The van der Waals surface area contributed by atoms with Gasteiger partial charge in [0.25, 0.3) is 11.1 Å². The Kier molecular flexibility index (Phi) is 2.82. The third-order valence-electron chi connectivity index (χ3n) is 6.12. The fraction of sp³-hybridized carbons (Fsp3) is 0.0435. The van der Waals surface area contributed by atoms with Gasteiger partial charge in [-0.2, -0.15) is 9.94 Å². The standard InChI is InChI=1S/C23H12N4O3/c24-11-17-20(25)26-21(29)13-7-1-2-8-14(13)22(30)27(26)23(17)16-10-4-6-12-5-3-9-15(18(12)16)19(23)28/h1-10H,25H2. The number of Topliss-reactive ketones (excluding diaryl/α,β-unsaturated/α-hetero) is 1. The largest absolute Gasteiger partial charge is 0.383 e. The Hall–Kier alpha value is -4.44. The van der Waals surface area contributed by atoms with Crippen molar-refractivity contribution in [2.45, 2.75) is 5.54 Å². The van der Waals surface area contributed by atoms with Crippen molar-refractivity contribution in [1.82, 2.24) is 9.36 Å². The monoisotopic (exact) mass is 392 g/mol. The average molecular weight is 392 g/mol. The zero-order valence-electron chi connectivity index (χ0n) is 15.4. The molecule has 6 rings (SSSR count). The van der Waals surface area contributed by atoms with E-state index in [0.29, 0.717) is 16.5 Å². The van der Waals surface area contributed by atoms with E-state index in [1.54, 1.807) is 36.4 Å². The summed E-state index contributed by atoms with van der Waals surface area (Å²) in [5.41, 5.74) is 4.08. The molecule has 0 radical (unpaired) electrons. The number of benzene rings is 3. The van der Waals surface area contributed by atoms with Gasteiger partial charge in [-0.1, -0.05) is 48.5 Å². The van der Waals surface area contributed by atoms with E-state index in [1.807, 2.05) is 18.2 Å². The van der Waals surface area contributed by atoms with Crippen molar-refractivity contribution in [3.63, 3.8) is 0 Å². The molecule has 0 amide bonds. The first-order valence-electron chi connectivity index (χ1n) is 9.28. The van der Waals surface area contributed by atoms with Gasteiger partial charge in [0, 0.05) is 11.1 Å². The number of hydrogen-bond acceptors (Lipinski definition) is 5. The van der Waals surface area contributed by atoms with Crippen molar-refractivity contribution >= 4 is 33.1 Å². The van der Waals surface area contributed by atoms with E-state index in [1.165, 1.54) is 12.1 Å². The number of fused-ring (bicyclic) bond motifs is 4.